The minimum atomic E-state index is -0.902. The predicted molar refractivity (Wildman–Crippen MR) is 341 cm³/mol. The number of thiazole rings is 1. The third-order valence-corrected chi connectivity index (χ3v) is 18.2. The van der Waals surface area contributed by atoms with Crippen molar-refractivity contribution in [1.82, 2.24) is 48.8 Å². The van der Waals surface area contributed by atoms with Gasteiger partial charge in [0.15, 0.2) is 28.3 Å². The number of fused-ring (bicyclic) bond motifs is 6. The highest BCUT2D eigenvalue weighted by Crippen LogP contribution is 2.48. The number of nitrogens with zero attached hydrogens (tertiary/aromatic N) is 11. The van der Waals surface area contributed by atoms with Crippen LogP contribution < -0.4 is 41.9 Å². The van der Waals surface area contributed by atoms with E-state index in [0.29, 0.717) is 75.5 Å². The van der Waals surface area contributed by atoms with Gasteiger partial charge in [0.2, 0.25) is 11.8 Å². The largest absolute Gasteiger partial charge is 0.487 e. The van der Waals surface area contributed by atoms with Gasteiger partial charge in [0, 0.05) is 80.1 Å². The number of nitrogens with two attached hydrogens (primary N) is 1. The first-order valence-corrected chi connectivity index (χ1v) is 30.3. The quantitative estimate of drug-likeness (QED) is 0.107. The highest BCUT2D eigenvalue weighted by atomic mass is 32.1. The van der Waals surface area contributed by atoms with Crippen LogP contribution >= 0.6 is 11.3 Å². The SMILES string of the molecule is C=CC(=O)N1CCN2c3nc(=O)n(-c4c(C)ccnc4C(C)C)c4cc(-c5c(F)ccc6cc[nH]c(=O)c56)c(F)c(c34)OCC2C1.C=CC(=O)N1CCN2c3nc(=O)n(-c4c(C)ccnc4C(C)C)c4cc(-c5ccc(F)c6nc(N)sc56)c(F)c(c34)OCC2C1. The van der Waals surface area contributed by atoms with Crippen LogP contribution in [0.2, 0.25) is 0 Å². The first-order valence-electron chi connectivity index (χ1n) is 29.5. The van der Waals surface area contributed by atoms with E-state index in [1.807, 2.05) is 57.4 Å². The summed E-state index contributed by atoms with van der Waals surface area (Å²) in [5, 5.41) is 1.05. The average Bonchev–Trinajstić information content (AvgIpc) is 1.70. The number of benzene rings is 4. The first-order chi connectivity index (χ1) is 43.7. The summed E-state index contributed by atoms with van der Waals surface area (Å²) in [6.45, 7) is 20.6. The lowest BCUT2D eigenvalue weighted by Crippen LogP contribution is -2.56. The zero-order valence-corrected chi connectivity index (χ0v) is 51.1. The molecule has 4 aromatic carbocycles. The number of nitrogens with one attached hydrogen (secondary N) is 1. The topological polar surface area (TPSA) is 233 Å². The van der Waals surface area contributed by atoms with Gasteiger partial charge in [0.25, 0.3) is 5.56 Å². The third-order valence-electron chi connectivity index (χ3n) is 17.2. The number of anilines is 3. The first kappa shape index (κ1) is 59.7. The van der Waals surface area contributed by atoms with Crippen molar-refractivity contribution >= 4 is 82.7 Å². The number of amides is 2. The van der Waals surface area contributed by atoms with Gasteiger partial charge in [-0.15, -0.1) is 0 Å². The molecule has 6 aromatic heterocycles. The molecule has 464 valence electrons. The maximum Gasteiger partial charge on any atom is 0.354 e. The van der Waals surface area contributed by atoms with Crippen LogP contribution in [0.4, 0.5) is 34.3 Å². The molecule has 2 amide bonds. The van der Waals surface area contributed by atoms with E-state index in [2.05, 4.69) is 43.1 Å². The fraction of sp³-hybridized carbons (Fsp3) is 0.273. The van der Waals surface area contributed by atoms with E-state index in [1.165, 1.54) is 57.8 Å². The van der Waals surface area contributed by atoms with Crippen molar-refractivity contribution in [2.75, 3.05) is 68.0 Å². The van der Waals surface area contributed by atoms with Crippen LogP contribution in [0.25, 0.3) is 76.4 Å². The Balaban J connectivity index is 0.000000167. The molecule has 2 unspecified atom stereocenters. The summed E-state index contributed by atoms with van der Waals surface area (Å²) in [5.41, 5.74) is 8.50. The van der Waals surface area contributed by atoms with Gasteiger partial charge in [-0.05, 0) is 103 Å². The van der Waals surface area contributed by atoms with Gasteiger partial charge < -0.3 is 39.8 Å². The van der Waals surface area contributed by atoms with Crippen LogP contribution in [0, 0.1) is 37.1 Å². The smallest absolute Gasteiger partial charge is 0.354 e. The standard InChI is InChI=1S/C34H30F2N6O4.C32H29F2N7O3S/c1-5-24(43)40-12-13-41-20(15-40)16-46-31-27-23(42(34(45)39-32(27)41)30-18(4)8-10-37-29(30)17(2)3)14-21(28(31)36)26-22(35)7-6-19-9-11-38-33(44)25(19)26;1-5-22(42)39-10-11-40-17(13-39)14-44-28-23-21(12-19(24(28)34)18-6-7-20(33)26-29(18)45-31(35)37-26)41(32(43)38-30(23)40)27-16(4)8-9-36-25(27)15(2)3/h5-11,14,17,20H,1,12-13,15-16H2,2-4H3,(H,38,44);5-9,12,15,17H,1,10-11,13-14H2,2-4H3,(H2,35,37). The van der Waals surface area contributed by atoms with Crippen molar-refractivity contribution < 1.29 is 36.6 Å². The van der Waals surface area contributed by atoms with Crippen molar-refractivity contribution in [2.45, 2.75) is 65.5 Å². The molecule has 2 saturated heterocycles. The van der Waals surface area contributed by atoms with E-state index in [0.717, 1.165) is 22.5 Å². The third kappa shape index (κ3) is 9.79. The number of H-pyrrole nitrogens is 1. The molecule has 14 rings (SSSR count). The maximum absolute atomic E-state index is 17.0. The number of rotatable bonds is 8. The van der Waals surface area contributed by atoms with Crippen LogP contribution in [0.15, 0.2) is 113 Å². The molecule has 0 bridgehead atoms. The number of halogens is 4. The Kier molecular flexibility index (Phi) is 15.0. The fourth-order valence-corrected chi connectivity index (χ4v) is 13.9. The molecule has 3 N–H and O–H groups in total. The molecule has 10 heterocycles. The second-order valence-corrected chi connectivity index (χ2v) is 24.4. The van der Waals surface area contributed by atoms with Crippen LogP contribution in [-0.4, -0.2) is 125 Å². The van der Waals surface area contributed by atoms with E-state index in [4.69, 9.17) is 15.2 Å². The number of pyridine rings is 3. The van der Waals surface area contributed by atoms with Crippen LogP contribution in [0.1, 0.15) is 62.0 Å². The van der Waals surface area contributed by atoms with E-state index < -0.39 is 52.3 Å². The van der Waals surface area contributed by atoms with Gasteiger partial charge in [-0.3, -0.25) is 33.5 Å². The lowest BCUT2D eigenvalue weighted by molar-refractivity contribution is -0.127. The maximum atomic E-state index is 17.0. The minimum absolute atomic E-state index is 0.0243. The molecule has 10 aromatic rings. The van der Waals surface area contributed by atoms with Crippen molar-refractivity contribution in [3.63, 3.8) is 0 Å². The van der Waals surface area contributed by atoms with Gasteiger partial charge in [0.05, 0.1) is 66.7 Å². The van der Waals surface area contributed by atoms with Crippen LogP contribution in [-0.2, 0) is 9.59 Å². The number of aromatic amines is 1. The summed E-state index contributed by atoms with van der Waals surface area (Å²) in [5.74, 6) is -3.46. The molecule has 2 fully saturated rings. The van der Waals surface area contributed by atoms with Gasteiger partial charge in [-0.2, -0.15) is 9.97 Å². The van der Waals surface area contributed by atoms with Gasteiger partial charge in [-0.1, -0.05) is 58.3 Å². The summed E-state index contributed by atoms with van der Waals surface area (Å²) >= 11 is 1.04. The van der Waals surface area contributed by atoms with E-state index >= 15 is 13.2 Å². The lowest BCUT2D eigenvalue weighted by Gasteiger charge is -2.40. The summed E-state index contributed by atoms with van der Waals surface area (Å²) in [7, 11) is 0. The fourth-order valence-electron chi connectivity index (χ4n) is 13.0. The second kappa shape index (κ2) is 22.9. The number of carbonyl (C=O) groups excluding carboxylic acids is 2. The molecule has 4 aliphatic rings. The molecule has 4 aliphatic heterocycles. The van der Waals surface area contributed by atoms with Crippen LogP contribution in [0.3, 0.4) is 0 Å². The normalized spacial score (nSPS) is 16.1. The van der Waals surface area contributed by atoms with E-state index in [1.54, 1.807) is 40.4 Å². The molecule has 25 heteroatoms. The number of ether oxygens (including phenoxy) is 2. The minimum Gasteiger partial charge on any atom is -0.487 e. The van der Waals surface area contributed by atoms with Crippen LogP contribution in [0.5, 0.6) is 11.5 Å². The Morgan fingerprint density at radius 3 is 1.68 bits per heavy atom. The van der Waals surface area contributed by atoms with Crippen molar-refractivity contribution in [3.05, 3.63) is 176 Å². The number of aromatic nitrogens is 8. The zero-order valence-electron chi connectivity index (χ0n) is 50.2. The number of hydrogen-bond acceptors (Lipinski definition) is 16. The summed E-state index contributed by atoms with van der Waals surface area (Å²) in [6.07, 6.45) is 7.27. The van der Waals surface area contributed by atoms with Gasteiger partial charge in [0.1, 0.15) is 42.0 Å². The molecular formula is C66H59F4N13O7S. The highest BCUT2D eigenvalue weighted by Gasteiger charge is 2.40. The lowest BCUT2D eigenvalue weighted by atomic mass is 9.96. The monoisotopic (exact) mass is 1250 g/mol. The van der Waals surface area contributed by atoms with Crippen molar-refractivity contribution in [3.8, 4) is 45.1 Å². The molecule has 91 heavy (non-hydrogen) atoms. The molecule has 2 atom stereocenters. The average molecular weight is 1250 g/mol. The number of nitrogen functional groups attached to an aromatic ring is 1. The summed E-state index contributed by atoms with van der Waals surface area (Å²) < 4.78 is 80.1. The molecule has 0 radical (unpaired) electrons. The summed E-state index contributed by atoms with van der Waals surface area (Å²) in [6, 6.07) is 12.6. The van der Waals surface area contributed by atoms with Crippen molar-refractivity contribution in [2.24, 2.45) is 0 Å². The van der Waals surface area contributed by atoms with E-state index in [-0.39, 0.29) is 117 Å². The Morgan fingerprint density at radius 1 is 0.659 bits per heavy atom. The van der Waals surface area contributed by atoms with E-state index in [9.17, 15) is 28.4 Å². The predicted octanol–water partition coefficient (Wildman–Crippen LogP) is 9.54. The number of hydrogen-bond donors (Lipinski definition) is 2. The molecule has 0 saturated carbocycles. The summed E-state index contributed by atoms with van der Waals surface area (Å²) in [4.78, 5) is 98.4. The number of carbonyl (C=O) groups is 2. The second-order valence-electron chi connectivity index (χ2n) is 23.4. The zero-order chi connectivity index (χ0) is 64.2. The Labute approximate surface area is 520 Å². The Bertz CT molecular complexity index is 4970. The molecule has 0 aliphatic carbocycles. The van der Waals surface area contributed by atoms with Gasteiger partial charge in [-0.25, -0.2) is 32.1 Å². The van der Waals surface area contributed by atoms with Crippen molar-refractivity contribution in [1.29, 1.82) is 0 Å². The number of aryl methyl sites for hydroxylation is 2. The molecule has 20 nitrogen and oxygen atoms in total. The Hall–Kier alpha value is -10.3. The Morgan fingerprint density at radius 2 is 1.16 bits per heavy atom. The molecule has 0 spiro atoms. The highest BCUT2D eigenvalue weighted by molar-refractivity contribution is 7.22. The van der Waals surface area contributed by atoms with Gasteiger partial charge >= 0.3 is 11.4 Å². The molecular weight excluding hydrogens is 1190 g/mol. The number of piperazine rings is 2.